The lowest BCUT2D eigenvalue weighted by Gasteiger charge is -2.14. The smallest absolute Gasteiger partial charge is 0.237 e. The van der Waals surface area contributed by atoms with Gasteiger partial charge in [-0.15, -0.1) is 0 Å². The summed E-state index contributed by atoms with van der Waals surface area (Å²) in [5.41, 5.74) is 0.706. The van der Waals surface area contributed by atoms with Crippen LogP contribution in [0.5, 0.6) is 0 Å². The number of amides is 1. The van der Waals surface area contributed by atoms with E-state index in [9.17, 15) is 4.79 Å². The minimum Gasteiger partial charge on any atom is -0.324 e. The summed E-state index contributed by atoms with van der Waals surface area (Å²) in [6, 6.07) is 3.57. The fourth-order valence-electron chi connectivity index (χ4n) is 0.956. The molecule has 0 bridgehead atoms. The molecule has 1 atom stereocenters. The van der Waals surface area contributed by atoms with Gasteiger partial charge in [-0.05, 0) is 18.1 Å². The summed E-state index contributed by atoms with van der Waals surface area (Å²) in [5, 5.41) is 2.46. The molecular formula is C10H14N2OS. The average Bonchev–Trinajstić information content (AvgIpc) is 2.18. The summed E-state index contributed by atoms with van der Waals surface area (Å²) in [6.07, 6.45) is 3.27. The van der Waals surface area contributed by atoms with Gasteiger partial charge in [-0.1, -0.05) is 13.8 Å². The molecule has 0 spiro atoms. The molecule has 0 aliphatic rings. The maximum absolute atomic E-state index is 11.5. The molecular weight excluding hydrogens is 196 g/mol. The molecule has 0 saturated heterocycles. The molecule has 76 valence electrons. The van der Waals surface area contributed by atoms with E-state index in [0.717, 1.165) is 0 Å². The van der Waals surface area contributed by atoms with Gasteiger partial charge in [-0.3, -0.25) is 9.78 Å². The van der Waals surface area contributed by atoms with Crippen molar-refractivity contribution >= 4 is 24.2 Å². The number of thiol groups is 1. The first-order valence-corrected chi connectivity index (χ1v) is 5.02. The summed E-state index contributed by atoms with van der Waals surface area (Å²) in [6.45, 7) is 3.92. The van der Waals surface area contributed by atoms with E-state index < -0.39 is 0 Å². The van der Waals surface area contributed by atoms with Crippen molar-refractivity contribution in [3.63, 3.8) is 0 Å². The van der Waals surface area contributed by atoms with Crippen molar-refractivity contribution in [3.05, 3.63) is 24.5 Å². The number of anilines is 1. The van der Waals surface area contributed by atoms with Crippen molar-refractivity contribution in [3.8, 4) is 0 Å². The van der Waals surface area contributed by atoms with E-state index in [-0.39, 0.29) is 17.1 Å². The molecule has 1 aromatic heterocycles. The van der Waals surface area contributed by atoms with Gasteiger partial charge in [-0.2, -0.15) is 12.6 Å². The zero-order valence-electron chi connectivity index (χ0n) is 8.27. The number of pyridine rings is 1. The number of rotatable bonds is 3. The highest BCUT2D eigenvalue weighted by Crippen LogP contribution is 2.12. The fourth-order valence-corrected chi connectivity index (χ4v) is 1.02. The third-order valence-corrected chi connectivity index (χ3v) is 2.66. The third kappa shape index (κ3) is 3.03. The van der Waals surface area contributed by atoms with Crippen LogP contribution in [0, 0.1) is 5.92 Å². The molecule has 0 radical (unpaired) electrons. The Bertz CT molecular complexity index is 300. The Balaban J connectivity index is 2.58. The summed E-state index contributed by atoms with van der Waals surface area (Å²) < 4.78 is 0. The second kappa shape index (κ2) is 5.00. The minimum atomic E-state index is -0.282. The molecule has 1 rings (SSSR count). The molecule has 1 amide bonds. The van der Waals surface area contributed by atoms with Gasteiger partial charge >= 0.3 is 0 Å². The van der Waals surface area contributed by atoms with Crippen molar-refractivity contribution in [2.75, 3.05) is 5.32 Å². The van der Waals surface area contributed by atoms with Crippen LogP contribution in [-0.2, 0) is 4.79 Å². The molecule has 0 saturated carbocycles. The predicted molar refractivity (Wildman–Crippen MR) is 60.5 cm³/mol. The zero-order valence-corrected chi connectivity index (χ0v) is 9.16. The monoisotopic (exact) mass is 210 g/mol. The Morgan fingerprint density at radius 1 is 1.57 bits per heavy atom. The molecule has 14 heavy (non-hydrogen) atoms. The lowest BCUT2D eigenvalue weighted by Crippen LogP contribution is -2.27. The van der Waals surface area contributed by atoms with E-state index >= 15 is 0 Å². The Labute approximate surface area is 89.3 Å². The van der Waals surface area contributed by atoms with E-state index in [1.54, 1.807) is 24.5 Å². The number of hydrogen-bond acceptors (Lipinski definition) is 3. The van der Waals surface area contributed by atoms with Crippen molar-refractivity contribution < 1.29 is 4.79 Å². The number of hydrogen-bond donors (Lipinski definition) is 2. The Morgan fingerprint density at radius 3 is 2.79 bits per heavy atom. The Hall–Kier alpha value is -1.03. The van der Waals surface area contributed by atoms with Gasteiger partial charge in [0.1, 0.15) is 0 Å². The number of nitrogens with one attached hydrogen (secondary N) is 1. The summed E-state index contributed by atoms with van der Waals surface area (Å²) in [7, 11) is 0. The van der Waals surface area contributed by atoms with Gasteiger partial charge < -0.3 is 5.32 Å². The van der Waals surface area contributed by atoms with Crippen LogP contribution in [0.4, 0.5) is 5.69 Å². The molecule has 1 unspecified atom stereocenters. The standard InChI is InChI=1S/C10H14N2OS/c1-7(2)9(14)10(13)12-8-4-3-5-11-6-8/h3-7,9,14H,1-2H3,(H,12,13). The molecule has 3 nitrogen and oxygen atoms in total. The molecule has 0 aliphatic carbocycles. The lowest BCUT2D eigenvalue weighted by molar-refractivity contribution is -0.116. The SMILES string of the molecule is CC(C)C(S)C(=O)Nc1cccnc1. The predicted octanol–water partition coefficient (Wildman–Crippen LogP) is 1.97. The second-order valence-corrected chi connectivity index (χ2v) is 3.98. The van der Waals surface area contributed by atoms with Crippen LogP contribution in [0.15, 0.2) is 24.5 Å². The van der Waals surface area contributed by atoms with Crippen LogP contribution in [-0.4, -0.2) is 16.1 Å². The zero-order chi connectivity index (χ0) is 10.6. The van der Waals surface area contributed by atoms with E-state index in [2.05, 4.69) is 22.9 Å². The average molecular weight is 210 g/mol. The maximum atomic E-state index is 11.5. The van der Waals surface area contributed by atoms with Crippen LogP contribution in [0.1, 0.15) is 13.8 Å². The third-order valence-electron chi connectivity index (χ3n) is 1.83. The quantitative estimate of drug-likeness (QED) is 0.749. The first-order valence-electron chi connectivity index (χ1n) is 4.50. The van der Waals surface area contributed by atoms with Crippen molar-refractivity contribution in [2.24, 2.45) is 5.92 Å². The van der Waals surface area contributed by atoms with Gasteiger partial charge in [0.25, 0.3) is 0 Å². The summed E-state index contributed by atoms with van der Waals surface area (Å²) >= 11 is 4.22. The van der Waals surface area contributed by atoms with E-state index in [4.69, 9.17) is 0 Å². The number of carbonyl (C=O) groups is 1. The normalized spacial score (nSPS) is 12.6. The van der Waals surface area contributed by atoms with Gasteiger partial charge in [0.15, 0.2) is 0 Å². The highest BCUT2D eigenvalue weighted by molar-refractivity contribution is 7.81. The molecule has 0 aromatic carbocycles. The van der Waals surface area contributed by atoms with Crippen molar-refractivity contribution in [1.82, 2.24) is 4.98 Å². The second-order valence-electron chi connectivity index (χ2n) is 3.42. The molecule has 1 aromatic rings. The van der Waals surface area contributed by atoms with Crippen LogP contribution in [0.3, 0.4) is 0 Å². The highest BCUT2D eigenvalue weighted by atomic mass is 32.1. The van der Waals surface area contributed by atoms with Crippen LogP contribution >= 0.6 is 12.6 Å². The number of aromatic nitrogens is 1. The molecule has 1 N–H and O–H groups in total. The molecule has 1 heterocycles. The van der Waals surface area contributed by atoms with Gasteiger partial charge in [0.05, 0.1) is 17.1 Å². The first-order chi connectivity index (χ1) is 6.61. The highest BCUT2D eigenvalue weighted by Gasteiger charge is 2.17. The summed E-state index contributed by atoms with van der Waals surface area (Å²) in [5.74, 6) is 0.131. The topological polar surface area (TPSA) is 42.0 Å². The van der Waals surface area contributed by atoms with Crippen molar-refractivity contribution in [1.29, 1.82) is 0 Å². The van der Waals surface area contributed by atoms with Crippen LogP contribution in [0.2, 0.25) is 0 Å². The number of carbonyl (C=O) groups excluding carboxylic acids is 1. The van der Waals surface area contributed by atoms with Gasteiger partial charge in [0, 0.05) is 6.20 Å². The van der Waals surface area contributed by atoms with Gasteiger partial charge in [-0.25, -0.2) is 0 Å². The Kier molecular flexibility index (Phi) is 3.95. The maximum Gasteiger partial charge on any atom is 0.237 e. The molecule has 4 heteroatoms. The largest absolute Gasteiger partial charge is 0.324 e. The first kappa shape index (κ1) is 11.0. The minimum absolute atomic E-state index is 0.0867. The molecule has 0 aliphatic heterocycles. The van der Waals surface area contributed by atoms with Crippen LogP contribution in [0.25, 0.3) is 0 Å². The van der Waals surface area contributed by atoms with Crippen molar-refractivity contribution in [2.45, 2.75) is 19.1 Å². The van der Waals surface area contributed by atoms with Gasteiger partial charge in [0.2, 0.25) is 5.91 Å². The number of nitrogens with zero attached hydrogens (tertiary/aromatic N) is 1. The van der Waals surface area contributed by atoms with E-state index in [1.807, 2.05) is 13.8 Å². The van der Waals surface area contributed by atoms with E-state index in [0.29, 0.717) is 5.69 Å². The Morgan fingerprint density at radius 2 is 2.29 bits per heavy atom. The summed E-state index contributed by atoms with van der Waals surface area (Å²) in [4.78, 5) is 15.4. The molecule has 0 fully saturated rings. The fraction of sp³-hybridized carbons (Fsp3) is 0.400. The lowest BCUT2D eigenvalue weighted by atomic mass is 10.1. The van der Waals surface area contributed by atoms with Crippen LogP contribution < -0.4 is 5.32 Å². The van der Waals surface area contributed by atoms with E-state index in [1.165, 1.54) is 0 Å².